The van der Waals surface area contributed by atoms with Crippen LogP contribution in [0.25, 0.3) is 0 Å². The van der Waals surface area contributed by atoms with Gasteiger partial charge in [0.05, 0.1) is 7.11 Å². The Morgan fingerprint density at radius 3 is 2.71 bits per heavy atom. The molecule has 0 aliphatic rings. The smallest absolute Gasteiger partial charge is 0.408 e. The maximum Gasteiger partial charge on any atom is 0.408 e. The molecule has 0 heterocycles. The van der Waals surface area contributed by atoms with Gasteiger partial charge in [-0.1, -0.05) is 30.3 Å². The summed E-state index contributed by atoms with van der Waals surface area (Å²) in [6, 6.07) is 10.2. The molecule has 94 valence electrons. The molecule has 0 saturated heterocycles. The minimum Gasteiger partial charge on any atom is -0.453 e. The van der Waals surface area contributed by atoms with E-state index in [4.69, 9.17) is 0 Å². The van der Waals surface area contributed by atoms with E-state index >= 15 is 0 Å². The van der Waals surface area contributed by atoms with Crippen molar-refractivity contribution >= 4 is 6.09 Å². The average Bonchev–Trinajstić information content (AvgIpc) is 2.36. The first kappa shape index (κ1) is 13.5. The summed E-state index contributed by atoms with van der Waals surface area (Å²) in [4.78, 5) is 10.8. The monoisotopic (exact) mass is 237 g/mol. The molecule has 2 N–H and O–H groups in total. The van der Waals surface area contributed by atoms with Crippen molar-refractivity contribution in [2.24, 2.45) is 0 Å². The van der Waals surface area contributed by atoms with Gasteiger partial charge < -0.3 is 9.84 Å². The first-order chi connectivity index (χ1) is 8.22. The van der Waals surface area contributed by atoms with Gasteiger partial charge in [-0.05, 0) is 31.2 Å². The van der Waals surface area contributed by atoms with Gasteiger partial charge >= 0.3 is 6.09 Å². The number of ether oxygens (including phenoxy) is 1. The number of nitrogens with one attached hydrogen (secondary N) is 1. The molecule has 0 fully saturated rings. The third kappa shape index (κ3) is 5.92. The molecule has 0 aliphatic carbocycles. The number of amides is 1. The number of methoxy groups -OCH3 is 1. The predicted octanol–water partition coefficient (Wildman–Crippen LogP) is 2.07. The zero-order valence-electron chi connectivity index (χ0n) is 10.1. The first-order valence-electron chi connectivity index (χ1n) is 5.79. The van der Waals surface area contributed by atoms with E-state index in [1.165, 1.54) is 12.7 Å². The second-order valence-electron chi connectivity index (χ2n) is 3.88. The number of rotatable bonds is 6. The van der Waals surface area contributed by atoms with Crippen molar-refractivity contribution in [2.75, 3.05) is 7.11 Å². The Morgan fingerprint density at radius 2 is 2.06 bits per heavy atom. The molecule has 1 atom stereocenters. The number of alkyl carbamates (subject to hydrolysis) is 1. The largest absolute Gasteiger partial charge is 0.453 e. The lowest BCUT2D eigenvalue weighted by atomic mass is 10.1. The van der Waals surface area contributed by atoms with Crippen LogP contribution in [-0.2, 0) is 11.2 Å². The summed E-state index contributed by atoms with van der Waals surface area (Å²) in [7, 11) is 1.28. The molecular formula is C13H19NO3. The number of benzene rings is 1. The number of aliphatic hydroxyl groups is 1. The van der Waals surface area contributed by atoms with Crippen molar-refractivity contribution in [1.82, 2.24) is 5.32 Å². The molecule has 0 bridgehead atoms. The van der Waals surface area contributed by atoms with E-state index in [1.807, 2.05) is 18.2 Å². The van der Waals surface area contributed by atoms with E-state index in [2.05, 4.69) is 22.2 Å². The van der Waals surface area contributed by atoms with Crippen LogP contribution in [0, 0.1) is 0 Å². The van der Waals surface area contributed by atoms with Crippen LogP contribution in [0.2, 0.25) is 0 Å². The Balaban J connectivity index is 2.10. The maximum absolute atomic E-state index is 10.8. The number of hydrogen-bond acceptors (Lipinski definition) is 3. The number of unbranched alkanes of at least 4 members (excludes halogenated alkanes) is 1. The summed E-state index contributed by atoms with van der Waals surface area (Å²) in [5, 5.41) is 11.8. The lowest BCUT2D eigenvalue weighted by Gasteiger charge is -2.11. The highest BCUT2D eigenvalue weighted by atomic mass is 16.5. The third-order valence-electron chi connectivity index (χ3n) is 2.51. The Labute approximate surface area is 102 Å². The summed E-state index contributed by atoms with van der Waals surface area (Å²) in [5.41, 5.74) is 1.29. The predicted molar refractivity (Wildman–Crippen MR) is 65.5 cm³/mol. The SMILES string of the molecule is COC(=O)NC(O)CCCCc1ccccc1. The number of carbonyl (C=O) groups excluding carboxylic acids is 1. The summed E-state index contributed by atoms with van der Waals surface area (Å²) in [6.07, 6.45) is 1.97. The molecule has 1 aromatic carbocycles. The van der Waals surface area contributed by atoms with Gasteiger partial charge in [-0.2, -0.15) is 0 Å². The van der Waals surface area contributed by atoms with Crippen molar-refractivity contribution < 1.29 is 14.6 Å². The van der Waals surface area contributed by atoms with E-state index in [0.29, 0.717) is 6.42 Å². The van der Waals surface area contributed by atoms with Crippen LogP contribution in [0.5, 0.6) is 0 Å². The van der Waals surface area contributed by atoms with Gasteiger partial charge in [0.25, 0.3) is 0 Å². The standard InChI is InChI=1S/C13H19NO3/c1-17-13(16)14-12(15)10-6-5-9-11-7-3-2-4-8-11/h2-4,7-8,12,15H,5-6,9-10H2,1H3,(H,14,16). The minimum absolute atomic E-state index is 0.544. The number of aryl methyl sites for hydroxylation is 1. The van der Waals surface area contributed by atoms with E-state index in [9.17, 15) is 9.90 Å². The van der Waals surface area contributed by atoms with Crippen LogP contribution in [0.3, 0.4) is 0 Å². The molecule has 1 amide bonds. The van der Waals surface area contributed by atoms with Gasteiger partial charge in [-0.3, -0.25) is 5.32 Å². The summed E-state index contributed by atoms with van der Waals surface area (Å²) in [6.45, 7) is 0. The van der Waals surface area contributed by atoms with E-state index in [-0.39, 0.29) is 0 Å². The van der Waals surface area contributed by atoms with Gasteiger partial charge in [0.1, 0.15) is 6.23 Å². The molecule has 0 aliphatic heterocycles. The van der Waals surface area contributed by atoms with Gasteiger partial charge in [-0.15, -0.1) is 0 Å². The van der Waals surface area contributed by atoms with E-state index in [1.54, 1.807) is 0 Å². The highest BCUT2D eigenvalue weighted by molar-refractivity contribution is 5.66. The van der Waals surface area contributed by atoms with E-state index in [0.717, 1.165) is 19.3 Å². The fourth-order valence-corrected chi connectivity index (χ4v) is 1.58. The quantitative estimate of drug-likeness (QED) is 0.588. The summed E-state index contributed by atoms with van der Waals surface area (Å²) >= 11 is 0. The molecule has 0 aromatic heterocycles. The van der Waals surface area contributed by atoms with Crippen molar-refractivity contribution in [3.63, 3.8) is 0 Å². The normalized spacial score (nSPS) is 11.9. The van der Waals surface area contributed by atoms with Gasteiger partial charge in [0.2, 0.25) is 0 Å². The lowest BCUT2D eigenvalue weighted by Crippen LogP contribution is -2.34. The Hall–Kier alpha value is -1.55. The van der Waals surface area contributed by atoms with Crippen molar-refractivity contribution in [2.45, 2.75) is 31.9 Å². The highest BCUT2D eigenvalue weighted by Gasteiger charge is 2.07. The molecule has 0 radical (unpaired) electrons. The van der Waals surface area contributed by atoms with Crippen molar-refractivity contribution in [1.29, 1.82) is 0 Å². The fourth-order valence-electron chi connectivity index (χ4n) is 1.58. The van der Waals surface area contributed by atoms with Gasteiger partial charge in [-0.25, -0.2) is 4.79 Å². The Morgan fingerprint density at radius 1 is 1.35 bits per heavy atom. The molecular weight excluding hydrogens is 218 g/mol. The second kappa shape index (κ2) is 7.68. The molecule has 4 nitrogen and oxygen atoms in total. The van der Waals surface area contributed by atoms with Gasteiger partial charge in [0, 0.05) is 0 Å². The number of hydrogen-bond donors (Lipinski definition) is 2. The highest BCUT2D eigenvalue weighted by Crippen LogP contribution is 2.07. The Bertz CT molecular complexity index is 327. The number of aliphatic hydroxyl groups excluding tert-OH is 1. The van der Waals surface area contributed by atoms with Crippen LogP contribution >= 0.6 is 0 Å². The molecule has 1 unspecified atom stereocenters. The minimum atomic E-state index is -0.821. The average molecular weight is 237 g/mol. The molecule has 1 aromatic rings. The summed E-state index contributed by atoms with van der Waals surface area (Å²) < 4.78 is 4.39. The zero-order valence-corrected chi connectivity index (χ0v) is 10.1. The second-order valence-corrected chi connectivity index (χ2v) is 3.88. The lowest BCUT2D eigenvalue weighted by molar-refractivity contribution is 0.103. The first-order valence-corrected chi connectivity index (χ1v) is 5.79. The summed E-state index contributed by atoms with van der Waals surface area (Å²) in [5.74, 6) is 0. The molecule has 17 heavy (non-hydrogen) atoms. The van der Waals surface area contributed by atoms with Crippen LogP contribution in [-0.4, -0.2) is 24.5 Å². The maximum atomic E-state index is 10.8. The number of carbonyl (C=O) groups is 1. The van der Waals surface area contributed by atoms with Crippen LogP contribution in [0.4, 0.5) is 4.79 Å². The fraction of sp³-hybridized carbons (Fsp3) is 0.462. The Kier molecular flexibility index (Phi) is 6.10. The van der Waals surface area contributed by atoms with Crippen LogP contribution < -0.4 is 5.32 Å². The van der Waals surface area contributed by atoms with E-state index < -0.39 is 12.3 Å². The van der Waals surface area contributed by atoms with Crippen LogP contribution in [0.1, 0.15) is 24.8 Å². The topological polar surface area (TPSA) is 58.6 Å². The van der Waals surface area contributed by atoms with Crippen molar-refractivity contribution in [3.05, 3.63) is 35.9 Å². The van der Waals surface area contributed by atoms with Gasteiger partial charge in [0.15, 0.2) is 0 Å². The third-order valence-corrected chi connectivity index (χ3v) is 2.51. The van der Waals surface area contributed by atoms with Crippen molar-refractivity contribution in [3.8, 4) is 0 Å². The zero-order chi connectivity index (χ0) is 12.5. The molecule has 0 spiro atoms. The molecule has 0 saturated carbocycles. The molecule has 1 rings (SSSR count). The molecule has 4 heteroatoms. The van der Waals surface area contributed by atoms with Crippen LogP contribution in [0.15, 0.2) is 30.3 Å².